The molecule has 0 radical (unpaired) electrons. The molecule has 0 saturated heterocycles. The quantitative estimate of drug-likeness (QED) is 0.490. The number of hydrogen-bond donors (Lipinski definition) is 2. The first-order valence-corrected chi connectivity index (χ1v) is 7.56. The molecule has 19 heavy (non-hydrogen) atoms. The lowest BCUT2D eigenvalue weighted by Gasteiger charge is -2.20. The molecule has 1 aromatic rings. The van der Waals surface area contributed by atoms with E-state index in [2.05, 4.69) is 27.4 Å². The fraction of sp³-hybridized carbons (Fsp3) is 0.467. The van der Waals surface area contributed by atoms with E-state index in [1.807, 2.05) is 12.1 Å². The minimum absolute atomic E-state index is 0.210. The van der Waals surface area contributed by atoms with Crippen molar-refractivity contribution in [1.82, 2.24) is 5.43 Å². The van der Waals surface area contributed by atoms with Gasteiger partial charge in [0.1, 0.15) is 5.82 Å². The van der Waals surface area contributed by atoms with Crippen molar-refractivity contribution in [1.29, 1.82) is 0 Å². The van der Waals surface area contributed by atoms with Crippen LogP contribution in [0.3, 0.4) is 0 Å². The van der Waals surface area contributed by atoms with Gasteiger partial charge in [0.2, 0.25) is 0 Å². The van der Waals surface area contributed by atoms with E-state index in [1.165, 1.54) is 37.3 Å². The normalized spacial score (nSPS) is 17.1. The van der Waals surface area contributed by atoms with Crippen LogP contribution in [0.25, 0.3) is 0 Å². The Balaban J connectivity index is 1.97. The Morgan fingerprint density at radius 3 is 2.79 bits per heavy atom. The lowest BCUT2D eigenvalue weighted by Crippen LogP contribution is -2.37. The number of benzene rings is 1. The molecule has 104 valence electrons. The van der Waals surface area contributed by atoms with Crippen LogP contribution in [0.4, 0.5) is 4.39 Å². The zero-order chi connectivity index (χ0) is 13.7. The molecule has 1 atom stereocenters. The van der Waals surface area contributed by atoms with Gasteiger partial charge < -0.3 is 0 Å². The van der Waals surface area contributed by atoms with E-state index in [4.69, 9.17) is 5.84 Å². The third-order valence-electron chi connectivity index (χ3n) is 3.60. The average molecular weight is 327 g/mol. The first kappa shape index (κ1) is 14.7. The molecular formula is C15H20BrFN2. The third-order valence-corrected chi connectivity index (χ3v) is 4.20. The molecule has 0 heterocycles. The fourth-order valence-electron chi connectivity index (χ4n) is 2.55. The molecule has 0 aromatic heterocycles. The maximum Gasteiger partial charge on any atom is 0.137 e. The minimum atomic E-state index is -0.226. The molecule has 1 aromatic carbocycles. The van der Waals surface area contributed by atoms with Gasteiger partial charge in [-0.05, 0) is 72.2 Å². The number of nitrogens with one attached hydrogen (secondary N) is 1. The maximum atomic E-state index is 13.2. The van der Waals surface area contributed by atoms with E-state index in [9.17, 15) is 4.39 Å². The van der Waals surface area contributed by atoms with Crippen molar-refractivity contribution < 1.29 is 4.39 Å². The second kappa shape index (κ2) is 7.17. The summed E-state index contributed by atoms with van der Waals surface area (Å²) in [6, 6.07) is 5.35. The molecule has 0 spiro atoms. The van der Waals surface area contributed by atoms with Gasteiger partial charge in [-0.15, -0.1) is 0 Å². The number of hydrazine groups is 1. The van der Waals surface area contributed by atoms with Gasteiger partial charge in [-0.1, -0.05) is 17.7 Å². The molecule has 1 unspecified atom stereocenters. The number of rotatable bonds is 5. The molecule has 2 rings (SSSR count). The van der Waals surface area contributed by atoms with Crippen LogP contribution < -0.4 is 11.3 Å². The molecule has 1 aliphatic carbocycles. The van der Waals surface area contributed by atoms with E-state index in [0.29, 0.717) is 4.47 Å². The van der Waals surface area contributed by atoms with E-state index in [-0.39, 0.29) is 11.9 Å². The summed E-state index contributed by atoms with van der Waals surface area (Å²) in [6.07, 6.45) is 9.09. The Labute approximate surface area is 122 Å². The third kappa shape index (κ3) is 4.41. The van der Waals surface area contributed by atoms with Gasteiger partial charge in [0, 0.05) is 6.04 Å². The standard InChI is InChI=1S/C15H20BrFN2/c16-14-10-12(6-7-15(14)17)9-13(19-18)8-11-4-2-1-3-5-11/h4,6-7,10,13,19H,1-3,5,8-9,18H2. The van der Waals surface area contributed by atoms with Crippen molar-refractivity contribution in [3.63, 3.8) is 0 Å². The van der Waals surface area contributed by atoms with Crippen LogP contribution in [-0.4, -0.2) is 6.04 Å². The molecule has 0 aliphatic heterocycles. The summed E-state index contributed by atoms with van der Waals surface area (Å²) in [6.45, 7) is 0. The van der Waals surface area contributed by atoms with Crippen molar-refractivity contribution in [3.05, 3.63) is 45.7 Å². The molecule has 0 saturated carbocycles. The Kier molecular flexibility index (Phi) is 5.55. The second-order valence-electron chi connectivity index (χ2n) is 5.13. The van der Waals surface area contributed by atoms with E-state index in [1.54, 1.807) is 0 Å². The van der Waals surface area contributed by atoms with Crippen molar-refractivity contribution in [3.8, 4) is 0 Å². The number of allylic oxidation sites excluding steroid dienone is 1. The minimum Gasteiger partial charge on any atom is -0.271 e. The van der Waals surface area contributed by atoms with Crippen LogP contribution in [0, 0.1) is 5.82 Å². The monoisotopic (exact) mass is 326 g/mol. The van der Waals surface area contributed by atoms with Crippen LogP contribution in [0.5, 0.6) is 0 Å². The van der Waals surface area contributed by atoms with Gasteiger partial charge in [0.25, 0.3) is 0 Å². The second-order valence-corrected chi connectivity index (χ2v) is 5.98. The van der Waals surface area contributed by atoms with Crippen LogP contribution in [0.15, 0.2) is 34.3 Å². The summed E-state index contributed by atoms with van der Waals surface area (Å²) < 4.78 is 13.7. The maximum absolute atomic E-state index is 13.2. The zero-order valence-electron chi connectivity index (χ0n) is 11.0. The molecule has 1 aliphatic rings. The van der Waals surface area contributed by atoms with Crippen LogP contribution in [0.2, 0.25) is 0 Å². The van der Waals surface area contributed by atoms with Crippen molar-refractivity contribution in [2.45, 2.75) is 44.6 Å². The fourth-order valence-corrected chi connectivity index (χ4v) is 2.97. The lowest BCUT2D eigenvalue weighted by atomic mass is 9.92. The van der Waals surface area contributed by atoms with Crippen LogP contribution in [0.1, 0.15) is 37.7 Å². The summed E-state index contributed by atoms with van der Waals surface area (Å²) in [5.41, 5.74) is 5.47. The Bertz CT molecular complexity index is 459. The smallest absolute Gasteiger partial charge is 0.137 e. The van der Waals surface area contributed by atoms with Crippen LogP contribution in [-0.2, 0) is 6.42 Å². The highest BCUT2D eigenvalue weighted by molar-refractivity contribution is 9.10. The topological polar surface area (TPSA) is 38.0 Å². The van der Waals surface area contributed by atoms with Gasteiger partial charge in [-0.25, -0.2) is 4.39 Å². The highest BCUT2D eigenvalue weighted by Crippen LogP contribution is 2.23. The van der Waals surface area contributed by atoms with Gasteiger partial charge in [0.15, 0.2) is 0 Å². The Morgan fingerprint density at radius 1 is 1.32 bits per heavy atom. The number of hydrogen-bond acceptors (Lipinski definition) is 2. The molecular weight excluding hydrogens is 307 g/mol. The SMILES string of the molecule is NNC(CC1=CCCCC1)Cc1ccc(F)c(Br)c1. The Morgan fingerprint density at radius 2 is 2.16 bits per heavy atom. The average Bonchev–Trinajstić information content (AvgIpc) is 2.43. The van der Waals surface area contributed by atoms with Crippen molar-refractivity contribution >= 4 is 15.9 Å². The predicted molar refractivity (Wildman–Crippen MR) is 80.1 cm³/mol. The van der Waals surface area contributed by atoms with Gasteiger partial charge in [-0.2, -0.15) is 0 Å². The van der Waals surface area contributed by atoms with Gasteiger partial charge in [0.05, 0.1) is 4.47 Å². The van der Waals surface area contributed by atoms with Gasteiger partial charge >= 0.3 is 0 Å². The molecule has 0 fully saturated rings. The molecule has 0 amide bonds. The van der Waals surface area contributed by atoms with E-state index >= 15 is 0 Å². The first-order valence-electron chi connectivity index (χ1n) is 6.77. The lowest BCUT2D eigenvalue weighted by molar-refractivity contribution is 0.504. The summed E-state index contributed by atoms with van der Waals surface area (Å²) in [7, 11) is 0. The molecule has 4 heteroatoms. The molecule has 0 bridgehead atoms. The molecule has 2 nitrogen and oxygen atoms in total. The van der Waals surface area contributed by atoms with Crippen molar-refractivity contribution in [2.24, 2.45) is 5.84 Å². The van der Waals surface area contributed by atoms with Crippen molar-refractivity contribution in [2.75, 3.05) is 0 Å². The molecule has 3 N–H and O–H groups in total. The Hall–Kier alpha value is -0.710. The van der Waals surface area contributed by atoms with Gasteiger partial charge in [-0.3, -0.25) is 11.3 Å². The summed E-state index contributed by atoms with van der Waals surface area (Å²) in [4.78, 5) is 0. The van der Waals surface area contributed by atoms with E-state index < -0.39 is 0 Å². The largest absolute Gasteiger partial charge is 0.271 e. The number of nitrogens with two attached hydrogens (primary N) is 1. The highest BCUT2D eigenvalue weighted by Gasteiger charge is 2.13. The van der Waals surface area contributed by atoms with Crippen LogP contribution >= 0.6 is 15.9 Å². The highest BCUT2D eigenvalue weighted by atomic mass is 79.9. The predicted octanol–water partition coefficient (Wildman–Crippen LogP) is 3.85. The summed E-state index contributed by atoms with van der Waals surface area (Å²) >= 11 is 3.22. The zero-order valence-corrected chi connectivity index (χ0v) is 12.5. The number of halogens is 2. The summed E-state index contributed by atoms with van der Waals surface area (Å²) in [5.74, 6) is 5.42. The summed E-state index contributed by atoms with van der Waals surface area (Å²) in [5, 5.41) is 0. The van der Waals surface area contributed by atoms with E-state index in [0.717, 1.165) is 18.4 Å². The first-order chi connectivity index (χ1) is 9.19.